The summed E-state index contributed by atoms with van der Waals surface area (Å²) in [6, 6.07) is 1.77. The number of halogens is 1. The summed E-state index contributed by atoms with van der Waals surface area (Å²) in [5.74, 6) is -0.404. The summed E-state index contributed by atoms with van der Waals surface area (Å²) in [5, 5.41) is 9.22. The Morgan fingerprint density at radius 2 is 2.22 bits per heavy atom. The van der Waals surface area contributed by atoms with Crippen LogP contribution in [0.2, 0.25) is 5.02 Å². The maximum absolute atomic E-state index is 10.8. The molecule has 0 aromatic carbocycles. The van der Waals surface area contributed by atoms with E-state index in [9.17, 15) is 4.79 Å². The molecule has 1 aliphatic heterocycles. The third-order valence-electron chi connectivity index (χ3n) is 3.14. The van der Waals surface area contributed by atoms with E-state index in [2.05, 4.69) is 4.98 Å². The van der Waals surface area contributed by atoms with Crippen molar-refractivity contribution in [1.82, 2.24) is 4.98 Å². The number of anilines is 1. The van der Waals surface area contributed by atoms with E-state index in [0.29, 0.717) is 16.9 Å². The van der Waals surface area contributed by atoms with E-state index in [1.54, 1.807) is 0 Å². The Kier molecular flexibility index (Phi) is 4.04. The SMILES string of the molecule is CN(c1ncc(C(=O)O)cc1Cl)C1CCOCC1. The third kappa shape index (κ3) is 2.73. The Balaban J connectivity index is 2.19. The highest BCUT2D eigenvalue weighted by molar-refractivity contribution is 6.33. The summed E-state index contributed by atoms with van der Waals surface area (Å²) in [7, 11) is 1.92. The molecule has 2 heterocycles. The number of carboxylic acid groups (broad SMARTS) is 1. The predicted octanol–water partition coefficient (Wildman–Crippen LogP) is 2.05. The number of rotatable bonds is 3. The molecule has 18 heavy (non-hydrogen) atoms. The second kappa shape index (κ2) is 5.54. The fourth-order valence-electron chi connectivity index (χ4n) is 2.05. The summed E-state index contributed by atoms with van der Waals surface area (Å²) in [6.45, 7) is 1.47. The molecule has 0 atom stereocenters. The molecule has 98 valence electrons. The van der Waals surface area contributed by atoms with Gasteiger partial charge in [0.2, 0.25) is 0 Å². The van der Waals surface area contributed by atoms with Crippen molar-refractivity contribution >= 4 is 23.4 Å². The Morgan fingerprint density at radius 3 is 2.78 bits per heavy atom. The zero-order chi connectivity index (χ0) is 13.1. The summed E-state index contributed by atoms with van der Waals surface area (Å²) in [5.41, 5.74) is 0.101. The highest BCUT2D eigenvalue weighted by Gasteiger charge is 2.21. The van der Waals surface area contributed by atoms with Crippen molar-refractivity contribution in [3.05, 3.63) is 22.8 Å². The van der Waals surface area contributed by atoms with Crippen molar-refractivity contribution < 1.29 is 14.6 Å². The van der Waals surface area contributed by atoms with Crippen LogP contribution in [0.4, 0.5) is 5.82 Å². The second-order valence-electron chi connectivity index (χ2n) is 4.29. The molecule has 6 heteroatoms. The number of hydrogen-bond acceptors (Lipinski definition) is 4. The molecular weight excluding hydrogens is 256 g/mol. The first-order valence-electron chi connectivity index (χ1n) is 5.79. The normalized spacial score (nSPS) is 16.6. The van der Waals surface area contributed by atoms with E-state index >= 15 is 0 Å². The summed E-state index contributed by atoms with van der Waals surface area (Å²) < 4.78 is 5.31. The van der Waals surface area contributed by atoms with Gasteiger partial charge in [0.25, 0.3) is 0 Å². The molecule has 1 aromatic heterocycles. The first-order valence-corrected chi connectivity index (χ1v) is 6.17. The molecule has 5 nitrogen and oxygen atoms in total. The van der Waals surface area contributed by atoms with Crippen molar-refractivity contribution in [3.63, 3.8) is 0 Å². The number of aromatic nitrogens is 1. The highest BCUT2D eigenvalue weighted by atomic mass is 35.5. The van der Waals surface area contributed by atoms with Gasteiger partial charge in [-0.1, -0.05) is 11.6 Å². The minimum absolute atomic E-state index is 0.101. The molecule has 1 saturated heterocycles. The lowest BCUT2D eigenvalue weighted by Gasteiger charge is -2.32. The van der Waals surface area contributed by atoms with E-state index < -0.39 is 5.97 Å². The van der Waals surface area contributed by atoms with E-state index in [1.165, 1.54) is 12.3 Å². The first kappa shape index (κ1) is 13.1. The number of hydrogen-bond donors (Lipinski definition) is 1. The number of nitrogens with zero attached hydrogens (tertiary/aromatic N) is 2. The van der Waals surface area contributed by atoms with Crippen molar-refractivity contribution in [2.45, 2.75) is 18.9 Å². The number of carbonyl (C=O) groups is 1. The van der Waals surface area contributed by atoms with E-state index in [0.717, 1.165) is 26.1 Å². The van der Waals surface area contributed by atoms with Gasteiger partial charge in [-0.2, -0.15) is 0 Å². The van der Waals surface area contributed by atoms with Crippen molar-refractivity contribution in [2.75, 3.05) is 25.2 Å². The van der Waals surface area contributed by atoms with Gasteiger partial charge in [0.15, 0.2) is 0 Å². The largest absolute Gasteiger partial charge is 0.478 e. The maximum atomic E-state index is 10.8. The topological polar surface area (TPSA) is 62.7 Å². The zero-order valence-electron chi connectivity index (χ0n) is 10.1. The number of pyridine rings is 1. The summed E-state index contributed by atoms with van der Waals surface area (Å²) >= 11 is 6.09. The monoisotopic (exact) mass is 270 g/mol. The van der Waals surface area contributed by atoms with Crippen LogP contribution in [0.3, 0.4) is 0 Å². The number of ether oxygens (including phenoxy) is 1. The van der Waals surface area contributed by atoms with Crippen LogP contribution >= 0.6 is 11.6 Å². The quantitative estimate of drug-likeness (QED) is 0.911. The molecular formula is C12H15ClN2O3. The van der Waals surface area contributed by atoms with Gasteiger partial charge in [-0.25, -0.2) is 9.78 Å². The first-order chi connectivity index (χ1) is 8.59. The summed E-state index contributed by atoms with van der Waals surface area (Å²) in [6.07, 6.45) is 3.18. The van der Waals surface area contributed by atoms with E-state index in [4.69, 9.17) is 21.4 Å². The zero-order valence-corrected chi connectivity index (χ0v) is 10.9. The van der Waals surface area contributed by atoms with Gasteiger partial charge in [0, 0.05) is 32.5 Å². The van der Waals surface area contributed by atoms with Crippen LogP contribution in [-0.2, 0) is 4.74 Å². The Morgan fingerprint density at radius 1 is 1.56 bits per heavy atom. The second-order valence-corrected chi connectivity index (χ2v) is 4.70. The lowest BCUT2D eigenvalue weighted by molar-refractivity contribution is 0.0696. The molecule has 0 unspecified atom stereocenters. The lowest BCUT2D eigenvalue weighted by Crippen LogP contribution is -2.37. The van der Waals surface area contributed by atoms with Gasteiger partial charge < -0.3 is 14.7 Å². The molecule has 0 amide bonds. The molecule has 0 saturated carbocycles. The van der Waals surface area contributed by atoms with Crippen LogP contribution in [0.25, 0.3) is 0 Å². The van der Waals surface area contributed by atoms with Crippen molar-refractivity contribution in [3.8, 4) is 0 Å². The van der Waals surface area contributed by atoms with Crippen LogP contribution in [0.15, 0.2) is 12.3 Å². The Bertz CT molecular complexity index is 447. The number of aromatic carboxylic acids is 1. The standard InChI is InChI=1S/C12H15ClN2O3/c1-15(9-2-4-18-5-3-9)11-10(13)6-8(7-14-11)12(16)17/h6-7,9H,2-5H2,1H3,(H,16,17). The molecule has 2 rings (SSSR count). The van der Waals surface area contributed by atoms with Gasteiger partial charge in [-0.05, 0) is 18.9 Å². The molecule has 0 bridgehead atoms. The average Bonchev–Trinajstić information content (AvgIpc) is 2.38. The average molecular weight is 271 g/mol. The fourth-order valence-corrected chi connectivity index (χ4v) is 2.35. The van der Waals surface area contributed by atoms with Crippen LogP contribution in [0.5, 0.6) is 0 Å². The molecule has 1 N–H and O–H groups in total. The van der Waals surface area contributed by atoms with E-state index in [1.807, 2.05) is 11.9 Å². The molecule has 1 fully saturated rings. The predicted molar refractivity (Wildman–Crippen MR) is 68.5 cm³/mol. The van der Waals surface area contributed by atoms with Crippen molar-refractivity contribution in [1.29, 1.82) is 0 Å². The fraction of sp³-hybridized carbons (Fsp3) is 0.500. The minimum atomic E-state index is -1.02. The summed E-state index contributed by atoms with van der Waals surface area (Å²) in [4.78, 5) is 17.0. The highest BCUT2D eigenvalue weighted by Crippen LogP contribution is 2.27. The molecule has 1 aliphatic rings. The van der Waals surface area contributed by atoms with Gasteiger partial charge in [-0.15, -0.1) is 0 Å². The van der Waals surface area contributed by atoms with Crippen LogP contribution < -0.4 is 4.90 Å². The third-order valence-corrected chi connectivity index (χ3v) is 3.42. The smallest absolute Gasteiger partial charge is 0.337 e. The molecule has 1 aromatic rings. The van der Waals surface area contributed by atoms with Gasteiger partial charge in [0.05, 0.1) is 10.6 Å². The Labute approximate surface area is 110 Å². The van der Waals surface area contributed by atoms with E-state index in [-0.39, 0.29) is 5.56 Å². The Hall–Kier alpha value is -1.33. The molecule has 0 aliphatic carbocycles. The number of carboxylic acids is 1. The van der Waals surface area contributed by atoms with Gasteiger partial charge >= 0.3 is 5.97 Å². The van der Waals surface area contributed by atoms with Crippen LogP contribution in [0, 0.1) is 0 Å². The maximum Gasteiger partial charge on any atom is 0.337 e. The van der Waals surface area contributed by atoms with Crippen LogP contribution in [-0.4, -0.2) is 42.4 Å². The van der Waals surface area contributed by atoms with Crippen molar-refractivity contribution in [2.24, 2.45) is 0 Å². The van der Waals surface area contributed by atoms with Gasteiger partial charge in [0.1, 0.15) is 5.82 Å². The van der Waals surface area contributed by atoms with Gasteiger partial charge in [-0.3, -0.25) is 0 Å². The molecule has 0 spiro atoms. The minimum Gasteiger partial charge on any atom is -0.478 e. The van der Waals surface area contributed by atoms with Crippen LogP contribution in [0.1, 0.15) is 23.2 Å². The molecule has 0 radical (unpaired) electrons. The lowest BCUT2D eigenvalue weighted by atomic mass is 10.1.